The zero-order valence-electron chi connectivity index (χ0n) is 14.0. The molecule has 0 aliphatic rings. The molecule has 1 heterocycles. The molecule has 0 aliphatic carbocycles. The number of hydrogen-bond donors (Lipinski definition) is 1. The van der Waals surface area contributed by atoms with Crippen LogP contribution in [0.25, 0.3) is 0 Å². The van der Waals surface area contributed by atoms with E-state index in [0.29, 0.717) is 5.69 Å². The summed E-state index contributed by atoms with van der Waals surface area (Å²) in [6.07, 6.45) is 0. The summed E-state index contributed by atoms with van der Waals surface area (Å²) < 4.78 is 38.3. The first-order valence-electron chi connectivity index (χ1n) is 7.35. The fourth-order valence-corrected chi connectivity index (χ4v) is 4.19. The molecule has 0 radical (unpaired) electrons. The maximum Gasteiger partial charge on any atom is 0.246 e. The van der Waals surface area contributed by atoms with E-state index in [0.717, 1.165) is 11.3 Å². The number of aromatic nitrogens is 1. The smallest absolute Gasteiger partial charge is 0.246 e. The molecule has 7 heteroatoms. The van der Waals surface area contributed by atoms with Crippen molar-refractivity contribution in [1.29, 1.82) is 0 Å². The van der Waals surface area contributed by atoms with Gasteiger partial charge in [-0.1, -0.05) is 31.1 Å². The highest BCUT2D eigenvalue weighted by Gasteiger charge is 2.29. The van der Waals surface area contributed by atoms with Gasteiger partial charge in [-0.05, 0) is 37.5 Å². The van der Waals surface area contributed by atoms with Crippen molar-refractivity contribution in [3.63, 3.8) is 0 Å². The molecule has 2 rings (SSSR count). The third-order valence-corrected chi connectivity index (χ3v) is 5.34. The van der Waals surface area contributed by atoms with Gasteiger partial charge in [-0.3, -0.25) is 0 Å². The number of nitrogens with one attached hydrogen (secondary N) is 1. The number of methoxy groups -OCH3 is 1. The minimum Gasteiger partial charge on any atom is -0.497 e. The first-order chi connectivity index (χ1) is 10.8. The Morgan fingerprint density at radius 1 is 1.17 bits per heavy atom. The van der Waals surface area contributed by atoms with E-state index in [4.69, 9.17) is 9.26 Å². The van der Waals surface area contributed by atoms with Crippen LogP contribution in [-0.2, 0) is 10.0 Å². The van der Waals surface area contributed by atoms with Gasteiger partial charge in [0.05, 0.1) is 7.11 Å². The molecule has 1 aromatic carbocycles. The van der Waals surface area contributed by atoms with Crippen LogP contribution in [0.4, 0.5) is 0 Å². The van der Waals surface area contributed by atoms with Crippen LogP contribution in [0, 0.1) is 19.8 Å². The molecule has 0 amide bonds. The van der Waals surface area contributed by atoms with Gasteiger partial charge in [0.15, 0.2) is 5.76 Å². The van der Waals surface area contributed by atoms with Gasteiger partial charge in [-0.25, -0.2) is 13.1 Å². The van der Waals surface area contributed by atoms with Crippen molar-refractivity contribution >= 4 is 10.0 Å². The fourth-order valence-electron chi connectivity index (χ4n) is 2.48. The number of hydrogen-bond acceptors (Lipinski definition) is 5. The summed E-state index contributed by atoms with van der Waals surface area (Å²) in [5.41, 5.74) is 1.23. The Hall–Kier alpha value is -1.86. The van der Waals surface area contributed by atoms with Gasteiger partial charge in [0.25, 0.3) is 0 Å². The van der Waals surface area contributed by atoms with E-state index in [9.17, 15) is 8.42 Å². The van der Waals surface area contributed by atoms with Crippen LogP contribution in [0.15, 0.2) is 33.7 Å². The molecule has 1 N–H and O–H groups in total. The molecule has 1 aromatic heterocycles. The maximum atomic E-state index is 12.7. The Morgan fingerprint density at radius 2 is 1.78 bits per heavy atom. The first-order valence-corrected chi connectivity index (χ1v) is 8.83. The van der Waals surface area contributed by atoms with Crippen LogP contribution in [0.1, 0.15) is 36.9 Å². The number of sulfonamides is 1. The average Bonchev–Trinajstić information content (AvgIpc) is 2.84. The number of aryl methyl sites for hydroxylation is 2. The van der Waals surface area contributed by atoms with Crippen LogP contribution in [0.3, 0.4) is 0 Å². The number of benzene rings is 1. The Balaban J connectivity index is 2.35. The first kappa shape index (κ1) is 17.5. The zero-order chi connectivity index (χ0) is 17.2. The van der Waals surface area contributed by atoms with Crippen molar-refractivity contribution < 1.29 is 17.7 Å². The molecule has 0 fully saturated rings. The molecule has 2 aromatic rings. The van der Waals surface area contributed by atoms with Crippen molar-refractivity contribution in [1.82, 2.24) is 9.88 Å². The Morgan fingerprint density at radius 3 is 2.22 bits per heavy atom. The van der Waals surface area contributed by atoms with Crippen LogP contribution >= 0.6 is 0 Å². The van der Waals surface area contributed by atoms with Crippen molar-refractivity contribution in [2.24, 2.45) is 5.92 Å². The predicted molar refractivity (Wildman–Crippen MR) is 86.9 cm³/mol. The Kier molecular flexibility index (Phi) is 5.11. The standard InChI is InChI=1S/C16H22N2O4S/c1-10(2)15(13-6-8-14(21-5)9-7-13)18-23(19,20)16-11(3)17-22-12(16)4/h6-10,15,18H,1-5H3/t15-/m1/s1. The Labute approximate surface area is 136 Å². The van der Waals surface area contributed by atoms with E-state index >= 15 is 0 Å². The summed E-state index contributed by atoms with van der Waals surface area (Å²) in [6, 6.07) is 6.99. The third kappa shape index (κ3) is 3.73. The molecule has 0 bridgehead atoms. The van der Waals surface area contributed by atoms with Crippen LogP contribution in [0.2, 0.25) is 0 Å². The summed E-state index contributed by atoms with van der Waals surface area (Å²) in [5, 5.41) is 3.72. The van der Waals surface area contributed by atoms with Crippen molar-refractivity contribution in [3.05, 3.63) is 41.3 Å². The maximum absolute atomic E-state index is 12.7. The highest BCUT2D eigenvalue weighted by Crippen LogP contribution is 2.27. The summed E-state index contributed by atoms with van der Waals surface area (Å²) in [5.74, 6) is 1.08. The molecule has 0 spiro atoms. The molecular formula is C16H22N2O4S. The van der Waals surface area contributed by atoms with E-state index in [2.05, 4.69) is 9.88 Å². The van der Waals surface area contributed by atoms with E-state index < -0.39 is 10.0 Å². The molecule has 0 saturated heterocycles. The topological polar surface area (TPSA) is 81.4 Å². The van der Waals surface area contributed by atoms with Crippen molar-refractivity contribution in [3.8, 4) is 5.75 Å². The van der Waals surface area contributed by atoms with Crippen LogP contribution < -0.4 is 9.46 Å². The monoisotopic (exact) mass is 338 g/mol. The second-order valence-corrected chi connectivity index (χ2v) is 7.42. The Bertz CT molecular complexity index is 744. The van der Waals surface area contributed by atoms with E-state index in [1.165, 1.54) is 0 Å². The molecule has 1 atom stereocenters. The lowest BCUT2D eigenvalue weighted by Gasteiger charge is -2.23. The summed E-state index contributed by atoms with van der Waals surface area (Å²) >= 11 is 0. The van der Waals surface area contributed by atoms with Gasteiger partial charge in [0.2, 0.25) is 10.0 Å². The molecule has 6 nitrogen and oxygen atoms in total. The van der Waals surface area contributed by atoms with Crippen molar-refractivity contribution in [2.45, 2.75) is 38.6 Å². The average molecular weight is 338 g/mol. The molecule has 0 saturated carbocycles. The quantitative estimate of drug-likeness (QED) is 0.875. The minimum atomic E-state index is -3.72. The highest BCUT2D eigenvalue weighted by atomic mass is 32.2. The second kappa shape index (κ2) is 6.72. The van der Waals surface area contributed by atoms with E-state index in [-0.39, 0.29) is 22.6 Å². The van der Waals surface area contributed by atoms with Crippen LogP contribution in [0.5, 0.6) is 5.75 Å². The van der Waals surface area contributed by atoms with Crippen molar-refractivity contribution in [2.75, 3.05) is 7.11 Å². The summed E-state index contributed by atoms with van der Waals surface area (Å²) in [4.78, 5) is 0.108. The van der Waals surface area contributed by atoms with E-state index in [1.807, 2.05) is 38.1 Å². The van der Waals surface area contributed by atoms with Gasteiger partial charge in [0.1, 0.15) is 16.3 Å². The van der Waals surface area contributed by atoms with Gasteiger partial charge in [-0.2, -0.15) is 0 Å². The third-order valence-electron chi connectivity index (χ3n) is 3.66. The predicted octanol–water partition coefficient (Wildman–Crippen LogP) is 2.98. The van der Waals surface area contributed by atoms with Gasteiger partial charge in [0, 0.05) is 6.04 Å². The lowest BCUT2D eigenvalue weighted by molar-refractivity contribution is 0.390. The number of rotatable bonds is 6. The minimum absolute atomic E-state index is 0.0682. The normalized spacial score (nSPS) is 13.3. The lowest BCUT2D eigenvalue weighted by atomic mass is 9.97. The molecule has 0 aliphatic heterocycles. The lowest BCUT2D eigenvalue weighted by Crippen LogP contribution is -2.32. The van der Waals surface area contributed by atoms with Gasteiger partial charge >= 0.3 is 0 Å². The number of ether oxygens (including phenoxy) is 1. The highest BCUT2D eigenvalue weighted by molar-refractivity contribution is 7.89. The number of nitrogens with zero attached hydrogens (tertiary/aromatic N) is 1. The fraction of sp³-hybridized carbons (Fsp3) is 0.438. The van der Waals surface area contributed by atoms with E-state index in [1.54, 1.807) is 21.0 Å². The summed E-state index contributed by atoms with van der Waals surface area (Å²) in [7, 11) is -2.13. The molecular weight excluding hydrogens is 316 g/mol. The van der Waals surface area contributed by atoms with Crippen LogP contribution in [-0.4, -0.2) is 20.7 Å². The van der Waals surface area contributed by atoms with Gasteiger partial charge < -0.3 is 9.26 Å². The largest absolute Gasteiger partial charge is 0.497 e. The van der Waals surface area contributed by atoms with Gasteiger partial charge in [-0.15, -0.1) is 0 Å². The molecule has 126 valence electrons. The molecule has 23 heavy (non-hydrogen) atoms. The molecule has 0 unspecified atom stereocenters. The second-order valence-electron chi connectivity index (χ2n) is 5.77. The zero-order valence-corrected chi connectivity index (χ0v) is 14.8. The SMILES string of the molecule is COc1ccc([C@H](NS(=O)(=O)c2c(C)noc2C)C(C)C)cc1. The summed E-state index contributed by atoms with van der Waals surface area (Å²) in [6.45, 7) is 7.13.